The third kappa shape index (κ3) is 4.29. The van der Waals surface area contributed by atoms with E-state index in [2.05, 4.69) is 5.32 Å². The topological polar surface area (TPSA) is 81.5 Å². The molecule has 0 aliphatic carbocycles. The SMILES string of the molecule is CCCOc1ccc(NC(=O)Cc2cccs2)c([N+](=O)[O-])c1. The van der Waals surface area contributed by atoms with Crippen LogP contribution in [-0.2, 0) is 11.2 Å². The summed E-state index contributed by atoms with van der Waals surface area (Å²) in [5.41, 5.74) is 0.00328. The van der Waals surface area contributed by atoms with Crippen LogP contribution in [0.15, 0.2) is 35.7 Å². The fraction of sp³-hybridized carbons (Fsp3) is 0.267. The first-order chi connectivity index (χ1) is 10.6. The number of hydrogen-bond donors (Lipinski definition) is 1. The Morgan fingerprint density at radius 1 is 1.41 bits per heavy atom. The molecule has 6 nitrogen and oxygen atoms in total. The van der Waals surface area contributed by atoms with Crippen molar-refractivity contribution < 1.29 is 14.5 Å². The molecule has 2 aromatic rings. The highest BCUT2D eigenvalue weighted by Crippen LogP contribution is 2.29. The Balaban J connectivity index is 2.12. The Morgan fingerprint density at radius 3 is 2.86 bits per heavy atom. The molecule has 0 saturated heterocycles. The first-order valence-corrected chi connectivity index (χ1v) is 7.71. The number of anilines is 1. The Bertz CT molecular complexity index is 656. The predicted octanol–water partition coefficient (Wildman–Crippen LogP) is 3.63. The van der Waals surface area contributed by atoms with Crippen LogP contribution in [0.1, 0.15) is 18.2 Å². The highest BCUT2D eigenvalue weighted by Gasteiger charge is 2.17. The van der Waals surface area contributed by atoms with E-state index in [9.17, 15) is 14.9 Å². The van der Waals surface area contributed by atoms with E-state index in [0.29, 0.717) is 12.4 Å². The highest BCUT2D eigenvalue weighted by molar-refractivity contribution is 7.10. The molecular formula is C15H16N2O4S. The van der Waals surface area contributed by atoms with Crippen molar-refractivity contribution >= 4 is 28.6 Å². The van der Waals surface area contributed by atoms with E-state index in [-0.39, 0.29) is 23.7 Å². The van der Waals surface area contributed by atoms with E-state index in [0.717, 1.165) is 11.3 Å². The van der Waals surface area contributed by atoms with Gasteiger partial charge in [-0.1, -0.05) is 13.0 Å². The number of nitro groups is 1. The molecule has 1 aromatic heterocycles. The molecule has 1 N–H and O–H groups in total. The molecule has 2 rings (SSSR count). The average Bonchev–Trinajstić information content (AvgIpc) is 2.98. The maximum atomic E-state index is 12.0. The maximum Gasteiger partial charge on any atom is 0.296 e. The van der Waals surface area contributed by atoms with Gasteiger partial charge in [-0.3, -0.25) is 14.9 Å². The molecule has 0 unspecified atom stereocenters. The molecule has 7 heteroatoms. The van der Waals surface area contributed by atoms with Crippen LogP contribution in [0.3, 0.4) is 0 Å². The number of carbonyl (C=O) groups is 1. The van der Waals surface area contributed by atoms with Gasteiger partial charge in [0, 0.05) is 4.88 Å². The molecule has 0 aliphatic rings. The summed E-state index contributed by atoms with van der Waals surface area (Å²) < 4.78 is 5.38. The summed E-state index contributed by atoms with van der Waals surface area (Å²) in [6.07, 6.45) is 1.01. The van der Waals surface area contributed by atoms with E-state index in [1.54, 1.807) is 6.07 Å². The summed E-state index contributed by atoms with van der Waals surface area (Å²) in [4.78, 5) is 23.5. The van der Waals surface area contributed by atoms with Crippen molar-refractivity contribution in [3.63, 3.8) is 0 Å². The molecule has 1 heterocycles. The van der Waals surface area contributed by atoms with Gasteiger partial charge in [0.05, 0.1) is 24.0 Å². The number of nitrogens with one attached hydrogen (secondary N) is 1. The number of hydrogen-bond acceptors (Lipinski definition) is 5. The zero-order valence-electron chi connectivity index (χ0n) is 12.1. The molecule has 0 saturated carbocycles. The third-order valence-corrected chi connectivity index (χ3v) is 3.70. The number of carbonyl (C=O) groups excluding carboxylic acids is 1. The molecular weight excluding hydrogens is 304 g/mol. The van der Waals surface area contributed by atoms with Crippen molar-refractivity contribution in [1.82, 2.24) is 0 Å². The molecule has 1 amide bonds. The van der Waals surface area contributed by atoms with Gasteiger partial charge in [-0.2, -0.15) is 0 Å². The van der Waals surface area contributed by atoms with Gasteiger partial charge in [-0.25, -0.2) is 0 Å². The first-order valence-electron chi connectivity index (χ1n) is 6.83. The van der Waals surface area contributed by atoms with Gasteiger partial charge in [0.25, 0.3) is 5.69 Å². The van der Waals surface area contributed by atoms with Crippen LogP contribution < -0.4 is 10.1 Å². The number of nitro benzene ring substituents is 1. The number of amides is 1. The summed E-state index contributed by atoms with van der Waals surface area (Å²) in [6, 6.07) is 8.14. The van der Waals surface area contributed by atoms with E-state index in [1.165, 1.54) is 23.5 Å². The van der Waals surface area contributed by atoms with E-state index in [1.807, 2.05) is 24.4 Å². The second kappa shape index (κ2) is 7.56. The number of nitrogens with zero attached hydrogens (tertiary/aromatic N) is 1. The second-order valence-electron chi connectivity index (χ2n) is 4.59. The summed E-state index contributed by atoms with van der Waals surface area (Å²) >= 11 is 1.47. The van der Waals surface area contributed by atoms with Crippen LogP contribution in [0.2, 0.25) is 0 Å². The molecule has 116 valence electrons. The number of thiophene rings is 1. The third-order valence-electron chi connectivity index (χ3n) is 2.83. The van der Waals surface area contributed by atoms with Gasteiger partial charge >= 0.3 is 0 Å². The van der Waals surface area contributed by atoms with Crippen LogP contribution >= 0.6 is 11.3 Å². The lowest BCUT2D eigenvalue weighted by Gasteiger charge is -2.08. The van der Waals surface area contributed by atoms with Crippen LogP contribution in [0.4, 0.5) is 11.4 Å². The monoisotopic (exact) mass is 320 g/mol. The fourth-order valence-electron chi connectivity index (χ4n) is 1.84. The van der Waals surface area contributed by atoms with Crippen LogP contribution in [0.25, 0.3) is 0 Å². The Hall–Kier alpha value is -2.41. The van der Waals surface area contributed by atoms with E-state index < -0.39 is 4.92 Å². The molecule has 22 heavy (non-hydrogen) atoms. The number of benzene rings is 1. The van der Waals surface area contributed by atoms with Gasteiger partial charge in [-0.15, -0.1) is 11.3 Å². The van der Waals surface area contributed by atoms with Crippen molar-refractivity contribution in [3.05, 3.63) is 50.7 Å². The summed E-state index contributed by atoms with van der Waals surface area (Å²) in [7, 11) is 0. The first kappa shape index (κ1) is 16.0. The maximum absolute atomic E-state index is 12.0. The minimum atomic E-state index is -0.528. The molecule has 0 atom stereocenters. The molecule has 0 aliphatic heterocycles. The average molecular weight is 320 g/mol. The van der Waals surface area contributed by atoms with Crippen molar-refractivity contribution in [1.29, 1.82) is 0 Å². The minimum Gasteiger partial charge on any atom is -0.493 e. The zero-order chi connectivity index (χ0) is 15.9. The van der Waals surface area contributed by atoms with E-state index >= 15 is 0 Å². The molecule has 0 bridgehead atoms. The van der Waals surface area contributed by atoms with Crippen LogP contribution in [-0.4, -0.2) is 17.4 Å². The van der Waals surface area contributed by atoms with Crippen molar-refractivity contribution in [2.45, 2.75) is 19.8 Å². The zero-order valence-corrected chi connectivity index (χ0v) is 12.9. The lowest BCUT2D eigenvalue weighted by Crippen LogP contribution is -2.14. The Morgan fingerprint density at radius 2 is 2.23 bits per heavy atom. The fourth-order valence-corrected chi connectivity index (χ4v) is 2.55. The van der Waals surface area contributed by atoms with Gasteiger partial charge in [0.2, 0.25) is 5.91 Å². The summed E-state index contributed by atoms with van der Waals surface area (Å²) in [5, 5.41) is 15.6. The van der Waals surface area contributed by atoms with Crippen LogP contribution in [0, 0.1) is 10.1 Å². The molecule has 0 spiro atoms. The molecule has 0 radical (unpaired) electrons. The van der Waals surface area contributed by atoms with Crippen LogP contribution in [0.5, 0.6) is 5.75 Å². The Labute approximate surface area is 131 Å². The quantitative estimate of drug-likeness (QED) is 0.624. The van der Waals surface area contributed by atoms with Gasteiger partial charge < -0.3 is 10.1 Å². The minimum absolute atomic E-state index is 0.173. The smallest absolute Gasteiger partial charge is 0.296 e. The second-order valence-corrected chi connectivity index (χ2v) is 5.62. The van der Waals surface area contributed by atoms with Crippen molar-refractivity contribution in [3.8, 4) is 5.75 Å². The number of ether oxygens (including phenoxy) is 1. The predicted molar refractivity (Wildman–Crippen MR) is 85.5 cm³/mol. The van der Waals surface area contributed by atoms with Gasteiger partial charge in [0.15, 0.2) is 0 Å². The molecule has 1 aromatic carbocycles. The lowest BCUT2D eigenvalue weighted by atomic mass is 10.2. The van der Waals surface area contributed by atoms with Crippen molar-refractivity contribution in [2.75, 3.05) is 11.9 Å². The van der Waals surface area contributed by atoms with Gasteiger partial charge in [-0.05, 0) is 30.0 Å². The number of rotatable bonds is 7. The lowest BCUT2D eigenvalue weighted by molar-refractivity contribution is -0.384. The standard InChI is InChI=1S/C15H16N2O4S/c1-2-7-21-11-5-6-13(14(9-11)17(19)20)16-15(18)10-12-4-3-8-22-12/h3-6,8-9H,2,7,10H2,1H3,(H,16,18). The molecule has 0 fully saturated rings. The Kier molecular flexibility index (Phi) is 5.48. The summed E-state index contributed by atoms with van der Waals surface area (Å²) in [6.45, 7) is 2.44. The summed E-state index contributed by atoms with van der Waals surface area (Å²) in [5.74, 6) is 0.137. The highest BCUT2D eigenvalue weighted by atomic mass is 32.1. The van der Waals surface area contributed by atoms with Gasteiger partial charge in [0.1, 0.15) is 11.4 Å². The van der Waals surface area contributed by atoms with E-state index in [4.69, 9.17) is 4.74 Å². The normalized spacial score (nSPS) is 10.2. The van der Waals surface area contributed by atoms with Crippen molar-refractivity contribution in [2.24, 2.45) is 0 Å². The largest absolute Gasteiger partial charge is 0.493 e.